The number of hydrogen-bond acceptors (Lipinski definition) is 3. The first-order valence-corrected chi connectivity index (χ1v) is 15.8. The maximum absolute atomic E-state index is 13.8. The molecule has 0 N–H and O–H groups in total. The third-order valence-corrected chi connectivity index (χ3v) is 10.7. The molecule has 38 heavy (non-hydrogen) atoms. The number of nitrogens with zero attached hydrogens (tertiary/aromatic N) is 2. The average Bonchev–Trinajstić information content (AvgIpc) is 3.34. The van der Waals surface area contributed by atoms with E-state index in [1.165, 1.54) is 9.87 Å². The number of anilines is 1. The van der Waals surface area contributed by atoms with Crippen LogP contribution in [0.4, 0.5) is 5.69 Å². The van der Waals surface area contributed by atoms with Gasteiger partial charge in [0, 0.05) is 51.3 Å². The van der Waals surface area contributed by atoms with Crippen molar-refractivity contribution in [2.24, 2.45) is 11.8 Å². The Labute approximate surface area is 242 Å². The van der Waals surface area contributed by atoms with E-state index in [2.05, 4.69) is 22.0 Å². The van der Waals surface area contributed by atoms with Crippen LogP contribution in [0.1, 0.15) is 36.8 Å². The Morgan fingerprint density at radius 1 is 0.921 bits per heavy atom. The van der Waals surface area contributed by atoms with Crippen molar-refractivity contribution in [2.75, 3.05) is 18.0 Å². The van der Waals surface area contributed by atoms with Gasteiger partial charge in [0.25, 0.3) is 0 Å². The van der Waals surface area contributed by atoms with Gasteiger partial charge in [-0.05, 0) is 86.1 Å². The molecule has 5 rings (SSSR count). The number of hydrogen-bond donors (Lipinski definition) is 0. The maximum atomic E-state index is 13.8. The van der Waals surface area contributed by atoms with Gasteiger partial charge in [0.1, 0.15) is 0 Å². The van der Waals surface area contributed by atoms with Crippen LogP contribution in [0.3, 0.4) is 0 Å². The van der Waals surface area contributed by atoms with Gasteiger partial charge in [-0.3, -0.25) is 4.79 Å². The first-order chi connectivity index (χ1) is 18.2. The Hall–Kier alpha value is -1.90. The SMILES string of the molecule is O=C(C1CCC(CN(Cc2c(Cl)cccc2Cl)S(=O)(=O)c2ccc(Br)cc2)CC1)N1CCc2ccccc21. The van der Waals surface area contributed by atoms with Crippen LogP contribution in [0.15, 0.2) is 76.1 Å². The second-order valence-electron chi connectivity index (χ2n) is 10.0. The standard InChI is InChI=1S/C29H29BrCl2N2O3S/c30-23-12-14-24(15-13-23)38(36,37)33(19-25-26(31)5-3-6-27(25)32)18-20-8-10-22(11-9-20)29(35)34-17-16-21-4-1-2-7-28(21)34/h1-7,12-15,20,22H,8-11,16-19H2. The maximum Gasteiger partial charge on any atom is 0.243 e. The molecule has 1 heterocycles. The molecule has 3 aromatic carbocycles. The smallest absolute Gasteiger partial charge is 0.243 e. The second-order valence-corrected chi connectivity index (χ2v) is 13.7. The highest BCUT2D eigenvalue weighted by atomic mass is 79.9. The number of sulfonamides is 1. The van der Waals surface area contributed by atoms with Crippen molar-refractivity contribution in [3.63, 3.8) is 0 Å². The Bertz CT molecular complexity index is 1400. The first-order valence-electron chi connectivity index (χ1n) is 12.8. The number of halogens is 3. The fraction of sp³-hybridized carbons (Fsp3) is 0.345. The van der Waals surface area contributed by atoms with E-state index in [1.54, 1.807) is 42.5 Å². The van der Waals surface area contributed by atoms with Gasteiger partial charge in [-0.25, -0.2) is 8.42 Å². The summed E-state index contributed by atoms with van der Waals surface area (Å²) in [7, 11) is -3.81. The normalized spacial score (nSPS) is 19.5. The summed E-state index contributed by atoms with van der Waals surface area (Å²) in [5.74, 6) is 0.291. The third kappa shape index (κ3) is 5.82. The fourth-order valence-corrected chi connectivity index (χ4v) is 7.80. The van der Waals surface area contributed by atoms with Gasteiger partial charge in [0.15, 0.2) is 0 Å². The zero-order valence-corrected chi connectivity index (χ0v) is 24.7. The molecular weight excluding hydrogens is 607 g/mol. The first kappa shape index (κ1) is 27.7. The van der Waals surface area contributed by atoms with E-state index in [9.17, 15) is 13.2 Å². The number of para-hydroxylation sites is 1. The lowest BCUT2D eigenvalue weighted by Crippen LogP contribution is -2.39. The summed E-state index contributed by atoms with van der Waals surface area (Å²) in [6.07, 6.45) is 3.97. The number of rotatable bonds is 7. The highest BCUT2D eigenvalue weighted by Crippen LogP contribution is 2.36. The lowest BCUT2D eigenvalue weighted by atomic mass is 9.81. The molecule has 0 saturated heterocycles. The number of carbonyl (C=O) groups is 1. The van der Waals surface area contributed by atoms with Gasteiger partial charge in [0.05, 0.1) is 4.90 Å². The summed E-state index contributed by atoms with van der Waals surface area (Å²) >= 11 is 16.2. The summed E-state index contributed by atoms with van der Waals surface area (Å²) in [6, 6.07) is 20.0. The average molecular weight is 636 g/mol. The third-order valence-electron chi connectivity index (χ3n) is 7.66. The van der Waals surface area contributed by atoms with E-state index in [-0.39, 0.29) is 29.2 Å². The van der Waals surface area contributed by atoms with Gasteiger partial charge in [-0.2, -0.15) is 4.31 Å². The lowest BCUT2D eigenvalue weighted by molar-refractivity contribution is -0.123. The summed E-state index contributed by atoms with van der Waals surface area (Å²) in [4.78, 5) is 15.5. The predicted octanol–water partition coefficient (Wildman–Crippen LogP) is 7.34. The van der Waals surface area contributed by atoms with Gasteiger partial charge >= 0.3 is 0 Å². The second kappa shape index (κ2) is 11.7. The van der Waals surface area contributed by atoms with Crippen LogP contribution in [0, 0.1) is 11.8 Å². The molecule has 3 aromatic rings. The quantitative estimate of drug-likeness (QED) is 0.273. The Morgan fingerprint density at radius 3 is 2.26 bits per heavy atom. The molecule has 5 nitrogen and oxygen atoms in total. The van der Waals surface area contributed by atoms with Crippen molar-refractivity contribution < 1.29 is 13.2 Å². The number of amides is 1. The zero-order chi connectivity index (χ0) is 26.9. The molecule has 0 spiro atoms. The van der Waals surface area contributed by atoms with Crippen molar-refractivity contribution in [3.8, 4) is 0 Å². The van der Waals surface area contributed by atoms with Gasteiger partial charge in [0.2, 0.25) is 15.9 Å². The van der Waals surface area contributed by atoms with Gasteiger partial charge in [-0.15, -0.1) is 0 Å². The van der Waals surface area contributed by atoms with Crippen molar-refractivity contribution >= 4 is 60.7 Å². The fourth-order valence-electron chi connectivity index (χ4n) is 5.53. The topological polar surface area (TPSA) is 57.7 Å². The van der Waals surface area contributed by atoms with Gasteiger partial charge in [-0.1, -0.05) is 63.4 Å². The van der Waals surface area contributed by atoms with Crippen LogP contribution in [-0.4, -0.2) is 31.7 Å². The molecule has 1 aliphatic carbocycles. The molecule has 0 unspecified atom stereocenters. The van der Waals surface area contributed by atoms with Crippen LogP contribution in [0.25, 0.3) is 0 Å². The number of fused-ring (bicyclic) bond motifs is 1. The summed E-state index contributed by atoms with van der Waals surface area (Å²) in [5, 5.41) is 0.877. The van der Waals surface area contributed by atoms with Gasteiger partial charge < -0.3 is 4.90 Å². The molecule has 1 fully saturated rings. The van der Waals surface area contributed by atoms with Crippen molar-refractivity contribution in [2.45, 2.75) is 43.5 Å². The van der Waals surface area contributed by atoms with E-state index < -0.39 is 10.0 Å². The molecule has 0 radical (unpaired) electrons. The molecule has 200 valence electrons. The Morgan fingerprint density at radius 2 is 1.58 bits per heavy atom. The summed E-state index contributed by atoms with van der Waals surface area (Å²) < 4.78 is 29.8. The van der Waals surface area contributed by atoms with Crippen LogP contribution in [0.5, 0.6) is 0 Å². The Balaban J connectivity index is 1.31. The van der Waals surface area contributed by atoms with Crippen LogP contribution in [0.2, 0.25) is 10.0 Å². The van der Waals surface area contributed by atoms with E-state index in [4.69, 9.17) is 23.2 Å². The van der Waals surface area contributed by atoms with Crippen molar-refractivity contribution in [1.82, 2.24) is 4.31 Å². The minimum Gasteiger partial charge on any atom is -0.312 e. The number of benzene rings is 3. The molecular formula is C29H29BrCl2N2O3S. The minimum atomic E-state index is -3.81. The largest absolute Gasteiger partial charge is 0.312 e. The summed E-state index contributed by atoms with van der Waals surface area (Å²) in [5.41, 5.74) is 2.85. The molecule has 1 amide bonds. The minimum absolute atomic E-state index is 0.0352. The van der Waals surface area contributed by atoms with E-state index >= 15 is 0 Å². The lowest BCUT2D eigenvalue weighted by Gasteiger charge is -2.33. The summed E-state index contributed by atoms with van der Waals surface area (Å²) in [6.45, 7) is 1.16. The van der Waals surface area contributed by atoms with Crippen LogP contribution < -0.4 is 4.90 Å². The Kier molecular flexibility index (Phi) is 8.51. The zero-order valence-electron chi connectivity index (χ0n) is 20.8. The predicted molar refractivity (Wildman–Crippen MR) is 156 cm³/mol. The molecule has 1 saturated carbocycles. The number of carbonyl (C=O) groups excluding carboxylic acids is 1. The van der Waals surface area contributed by atoms with Crippen LogP contribution >= 0.6 is 39.1 Å². The highest BCUT2D eigenvalue weighted by molar-refractivity contribution is 9.10. The van der Waals surface area contributed by atoms with E-state index in [0.29, 0.717) is 22.2 Å². The molecule has 9 heteroatoms. The molecule has 1 aliphatic heterocycles. The molecule has 2 aliphatic rings. The molecule has 0 bridgehead atoms. The van der Waals surface area contributed by atoms with Crippen LogP contribution in [-0.2, 0) is 27.8 Å². The monoisotopic (exact) mass is 634 g/mol. The van der Waals surface area contributed by atoms with Crippen molar-refractivity contribution in [3.05, 3.63) is 92.4 Å². The van der Waals surface area contributed by atoms with Crippen molar-refractivity contribution in [1.29, 1.82) is 0 Å². The van der Waals surface area contributed by atoms with E-state index in [0.717, 1.165) is 48.8 Å². The highest BCUT2D eigenvalue weighted by Gasteiger charge is 2.35. The van der Waals surface area contributed by atoms with E-state index in [1.807, 2.05) is 23.1 Å². The molecule has 0 atom stereocenters. The molecule has 0 aromatic heterocycles.